The van der Waals surface area contributed by atoms with Crippen molar-refractivity contribution in [2.45, 2.75) is 19.3 Å². The van der Waals surface area contributed by atoms with Crippen LogP contribution in [-0.2, 0) is 16.6 Å². The summed E-state index contributed by atoms with van der Waals surface area (Å²) in [4.78, 5) is 21.4. The molecule has 0 fully saturated rings. The molecule has 0 aliphatic carbocycles. The molecule has 0 aliphatic rings. The third-order valence-corrected chi connectivity index (χ3v) is 2.06. The number of aliphatic carboxylic acids is 2. The maximum absolute atomic E-state index is 10.9. The number of carbonyl (C=O) groups is 2. The van der Waals surface area contributed by atoms with Gasteiger partial charge >= 0.3 is 11.9 Å². The highest BCUT2D eigenvalue weighted by Gasteiger charge is 2.27. The smallest absolute Gasteiger partial charge is 0.313 e. The quantitative estimate of drug-likeness (QED) is 0.752. The van der Waals surface area contributed by atoms with E-state index in [2.05, 4.69) is 5.10 Å². The zero-order valence-electron chi connectivity index (χ0n) is 8.47. The third kappa shape index (κ3) is 2.55. The molecule has 0 saturated carbocycles. The van der Waals surface area contributed by atoms with Gasteiger partial charge in [-0.3, -0.25) is 14.3 Å². The number of hydrogen-bond acceptors (Lipinski definition) is 3. The van der Waals surface area contributed by atoms with E-state index in [0.717, 1.165) is 0 Å². The van der Waals surface area contributed by atoms with Crippen LogP contribution in [0.1, 0.15) is 23.6 Å². The van der Waals surface area contributed by atoms with E-state index >= 15 is 0 Å². The Bertz CT molecular complexity index is 397. The fourth-order valence-corrected chi connectivity index (χ4v) is 1.44. The Balaban J connectivity index is 3.03. The van der Waals surface area contributed by atoms with Gasteiger partial charge in [0, 0.05) is 13.2 Å². The molecule has 2 N–H and O–H groups in total. The zero-order valence-corrected chi connectivity index (χ0v) is 8.47. The van der Waals surface area contributed by atoms with Gasteiger partial charge in [-0.2, -0.15) is 5.10 Å². The molecule has 0 spiro atoms. The summed E-state index contributed by atoms with van der Waals surface area (Å²) in [5.41, 5.74) is 0.999. The molecule has 1 aromatic heterocycles. The molecule has 0 bridgehead atoms. The number of rotatable bonds is 4. The lowest BCUT2D eigenvalue weighted by molar-refractivity contribution is -0.145. The monoisotopic (exact) mass is 212 g/mol. The molecule has 0 saturated heterocycles. The Hall–Kier alpha value is -1.85. The molecule has 82 valence electrons. The van der Waals surface area contributed by atoms with Crippen LogP contribution in [0.25, 0.3) is 0 Å². The van der Waals surface area contributed by atoms with Gasteiger partial charge in [0.1, 0.15) is 5.92 Å². The minimum Gasteiger partial charge on any atom is -0.481 e. The molecule has 1 rings (SSSR count). The van der Waals surface area contributed by atoms with E-state index in [-0.39, 0.29) is 0 Å². The second-order valence-corrected chi connectivity index (χ2v) is 3.36. The Labute approximate surface area is 86.1 Å². The van der Waals surface area contributed by atoms with Crippen molar-refractivity contribution < 1.29 is 19.8 Å². The van der Waals surface area contributed by atoms with Crippen LogP contribution in [0.5, 0.6) is 0 Å². The minimum atomic E-state index is -1.17. The molecule has 0 radical (unpaired) electrons. The lowest BCUT2D eigenvalue weighted by Crippen LogP contribution is -2.17. The topological polar surface area (TPSA) is 92.4 Å². The predicted molar refractivity (Wildman–Crippen MR) is 50.6 cm³/mol. The highest BCUT2D eigenvalue weighted by atomic mass is 16.4. The van der Waals surface area contributed by atoms with Crippen molar-refractivity contribution in [2.75, 3.05) is 0 Å². The van der Waals surface area contributed by atoms with Gasteiger partial charge < -0.3 is 10.2 Å². The minimum absolute atomic E-state index is 0.312. The summed E-state index contributed by atoms with van der Waals surface area (Å²) < 4.78 is 1.47. The first-order chi connectivity index (χ1) is 6.91. The Morgan fingerprint density at radius 1 is 1.53 bits per heavy atom. The number of nitrogens with zero attached hydrogens (tertiary/aromatic N) is 2. The van der Waals surface area contributed by atoms with Gasteiger partial charge in [0.15, 0.2) is 0 Å². The number of carboxylic acids is 2. The van der Waals surface area contributed by atoms with Crippen LogP contribution in [0, 0.1) is 6.92 Å². The van der Waals surface area contributed by atoms with Gasteiger partial charge in [-0.25, -0.2) is 0 Å². The first kappa shape index (κ1) is 11.2. The average Bonchev–Trinajstić information content (AvgIpc) is 2.40. The van der Waals surface area contributed by atoms with Crippen LogP contribution < -0.4 is 0 Å². The van der Waals surface area contributed by atoms with E-state index in [1.807, 2.05) is 0 Å². The van der Waals surface area contributed by atoms with Crippen LogP contribution in [0.15, 0.2) is 6.20 Å². The highest BCUT2D eigenvalue weighted by molar-refractivity contribution is 5.82. The van der Waals surface area contributed by atoms with Crippen LogP contribution in [0.2, 0.25) is 0 Å². The normalized spacial score (nSPS) is 12.4. The van der Waals surface area contributed by atoms with E-state index in [1.165, 1.54) is 4.68 Å². The van der Waals surface area contributed by atoms with E-state index in [0.29, 0.717) is 11.3 Å². The third-order valence-electron chi connectivity index (χ3n) is 2.06. The van der Waals surface area contributed by atoms with Crippen molar-refractivity contribution in [1.82, 2.24) is 9.78 Å². The average molecular weight is 212 g/mol. The number of aromatic nitrogens is 2. The van der Waals surface area contributed by atoms with Crippen molar-refractivity contribution >= 4 is 11.9 Å². The predicted octanol–water partition coefficient (Wildman–Crippen LogP) is 0.371. The summed E-state index contributed by atoms with van der Waals surface area (Å²) in [6.45, 7) is 1.71. The van der Waals surface area contributed by atoms with Gasteiger partial charge in [-0.15, -0.1) is 0 Å². The van der Waals surface area contributed by atoms with Crippen molar-refractivity contribution in [3.8, 4) is 0 Å². The second-order valence-electron chi connectivity index (χ2n) is 3.36. The molecule has 1 unspecified atom stereocenters. The number of hydrogen-bond donors (Lipinski definition) is 2. The molecule has 1 heterocycles. The van der Waals surface area contributed by atoms with Crippen LogP contribution in [-0.4, -0.2) is 31.9 Å². The van der Waals surface area contributed by atoms with E-state index < -0.39 is 24.3 Å². The van der Waals surface area contributed by atoms with Crippen LogP contribution in [0.4, 0.5) is 0 Å². The van der Waals surface area contributed by atoms with E-state index in [4.69, 9.17) is 10.2 Å². The van der Waals surface area contributed by atoms with Crippen molar-refractivity contribution in [3.63, 3.8) is 0 Å². The summed E-state index contributed by atoms with van der Waals surface area (Å²) in [6.07, 6.45) is 1.21. The number of carboxylic acid groups (broad SMARTS) is 2. The Morgan fingerprint density at radius 2 is 2.13 bits per heavy atom. The Kier molecular flexibility index (Phi) is 3.08. The fourth-order valence-electron chi connectivity index (χ4n) is 1.44. The summed E-state index contributed by atoms with van der Waals surface area (Å²) in [6, 6.07) is 0. The van der Waals surface area contributed by atoms with Gasteiger partial charge in [-0.1, -0.05) is 0 Å². The maximum Gasteiger partial charge on any atom is 0.313 e. The van der Waals surface area contributed by atoms with Crippen molar-refractivity contribution in [3.05, 3.63) is 17.5 Å². The number of aryl methyl sites for hydroxylation is 2. The summed E-state index contributed by atoms with van der Waals surface area (Å²) >= 11 is 0. The van der Waals surface area contributed by atoms with Gasteiger partial charge in [0.05, 0.1) is 12.1 Å². The molecule has 15 heavy (non-hydrogen) atoms. The van der Waals surface area contributed by atoms with Crippen LogP contribution >= 0.6 is 0 Å². The SMILES string of the molecule is Cc1cn(C)nc1C(CC(=O)O)C(=O)O. The largest absolute Gasteiger partial charge is 0.481 e. The van der Waals surface area contributed by atoms with E-state index in [1.54, 1.807) is 20.2 Å². The zero-order chi connectivity index (χ0) is 11.6. The summed E-state index contributed by atoms with van der Waals surface area (Å²) in [7, 11) is 1.66. The molecule has 0 aromatic carbocycles. The summed E-state index contributed by atoms with van der Waals surface area (Å²) in [5, 5.41) is 21.4. The molecule has 1 atom stereocenters. The second kappa shape index (κ2) is 4.12. The van der Waals surface area contributed by atoms with Crippen molar-refractivity contribution in [2.24, 2.45) is 7.05 Å². The molecular formula is C9H12N2O4. The fraction of sp³-hybridized carbons (Fsp3) is 0.444. The molecular weight excluding hydrogens is 200 g/mol. The molecule has 6 nitrogen and oxygen atoms in total. The van der Waals surface area contributed by atoms with Gasteiger partial charge in [-0.05, 0) is 12.5 Å². The van der Waals surface area contributed by atoms with Gasteiger partial charge in [0.2, 0.25) is 0 Å². The van der Waals surface area contributed by atoms with E-state index in [9.17, 15) is 9.59 Å². The molecule has 6 heteroatoms. The maximum atomic E-state index is 10.9. The molecule has 0 aliphatic heterocycles. The molecule has 0 amide bonds. The lowest BCUT2D eigenvalue weighted by Gasteiger charge is -2.07. The van der Waals surface area contributed by atoms with Crippen LogP contribution in [0.3, 0.4) is 0 Å². The standard InChI is InChI=1S/C9H12N2O4/c1-5-4-11(2)10-8(5)6(9(14)15)3-7(12)13/h4,6H,3H2,1-2H3,(H,12,13)(H,14,15). The van der Waals surface area contributed by atoms with Gasteiger partial charge in [0.25, 0.3) is 0 Å². The Morgan fingerprint density at radius 3 is 2.47 bits per heavy atom. The first-order valence-electron chi connectivity index (χ1n) is 4.36. The highest BCUT2D eigenvalue weighted by Crippen LogP contribution is 2.21. The summed E-state index contributed by atoms with van der Waals surface area (Å²) in [5.74, 6) is -3.39. The first-order valence-corrected chi connectivity index (χ1v) is 4.36. The molecule has 1 aromatic rings. The van der Waals surface area contributed by atoms with Crippen molar-refractivity contribution in [1.29, 1.82) is 0 Å². The lowest BCUT2D eigenvalue weighted by atomic mass is 9.99.